The summed E-state index contributed by atoms with van der Waals surface area (Å²) in [6, 6.07) is 0. The van der Waals surface area contributed by atoms with E-state index in [4.69, 9.17) is 0 Å². The van der Waals surface area contributed by atoms with Crippen molar-refractivity contribution < 1.29 is 0 Å². The van der Waals surface area contributed by atoms with Gasteiger partial charge >= 0.3 is 0 Å². The van der Waals surface area contributed by atoms with Gasteiger partial charge in [0, 0.05) is 0 Å². The summed E-state index contributed by atoms with van der Waals surface area (Å²) in [4.78, 5) is 0. The summed E-state index contributed by atoms with van der Waals surface area (Å²) in [6.07, 6.45) is 10.3. The average molecular weight is 182 g/mol. The Morgan fingerprint density at radius 3 is 2.46 bits per heavy atom. The van der Waals surface area contributed by atoms with Crippen LogP contribution in [0.15, 0.2) is 0 Å². The zero-order valence-electron chi connectivity index (χ0n) is 9.68. The van der Waals surface area contributed by atoms with Gasteiger partial charge in [0.15, 0.2) is 0 Å². The molecule has 1 aliphatic carbocycles. The number of rotatable bonds is 5. The minimum absolute atomic E-state index is 0.963. The Morgan fingerprint density at radius 2 is 1.85 bits per heavy atom. The van der Waals surface area contributed by atoms with Crippen LogP contribution in [0, 0.1) is 17.8 Å². The molecular formula is C13H26. The smallest absolute Gasteiger partial charge is 0.0409 e. The average Bonchev–Trinajstić information content (AvgIpc) is 2.53. The van der Waals surface area contributed by atoms with Crippen LogP contribution >= 0.6 is 0 Å². The van der Waals surface area contributed by atoms with E-state index in [9.17, 15) is 0 Å². The van der Waals surface area contributed by atoms with E-state index in [0.717, 1.165) is 17.8 Å². The van der Waals surface area contributed by atoms with Crippen LogP contribution in [0.1, 0.15) is 65.7 Å². The van der Waals surface area contributed by atoms with Gasteiger partial charge in [0.25, 0.3) is 0 Å². The normalized spacial score (nSPS) is 30.7. The Bertz CT molecular complexity index is 128. The van der Waals surface area contributed by atoms with Crippen LogP contribution in [0.4, 0.5) is 0 Å². The van der Waals surface area contributed by atoms with E-state index in [1.807, 2.05) is 0 Å². The minimum atomic E-state index is 0.963. The molecule has 1 saturated carbocycles. The maximum absolute atomic E-state index is 2.41. The summed E-state index contributed by atoms with van der Waals surface area (Å²) in [6.45, 7) is 7.05. The molecular weight excluding hydrogens is 156 g/mol. The standard InChI is InChI=1S/C13H26/c1-4-6-12-7-8-13(10-12)9-11(3)5-2/h11-13H,4-10H2,1-3H3. The molecule has 13 heavy (non-hydrogen) atoms. The molecule has 0 radical (unpaired) electrons. The quantitative estimate of drug-likeness (QED) is 0.581. The van der Waals surface area contributed by atoms with Crippen molar-refractivity contribution in [2.75, 3.05) is 0 Å². The molecule has 0 heterocycles. The molecule has 0 spiro atoms. The second-order valence-corrected chi connectivity index (χ2v) is 5.08. The topological polar surface area (TPSA) is 0 Å². The molecule has 3 atom stereocenters. The second kappa shape index (κ2) is 5.67. The van der Waals surface area contributed by atoms with E-state index < -0.39 is 0 Å². The molecule has 1 rings (SSSR count). The predicted molar refractivity (Wildman–Crippen MR) is 59.8 cm³/mol. The first kappa shape index (κ1) is 11.1. The fourth-order valence-electron chi connectivity index (χ4n) is 2.80. The highest BCUT2D eigenvalue weighted by Crippen LogP contribution is 2.37. The van der Waals surface area contributed by atoms with Crippen LogP contribution in [0.25, 0.3) is 0 Å². The van der Waals surface area contributed by atoms with Gasteiger partial charge in [0.1, 0.15) is 0 Å². The molecule has 0 aliphatic heterocycles. The highest BCUT2D eigenvalue weighted by Gasteiger charge is 2.24. The zero-order valence-corrected chi connectivity index (χ0v) is 9.68. The highest BCUT2D eigenvalue weighted by molar-refractivity contribution is 4.76. The van der Waals surface area contributed by atoms with E-state index in [-0.39, 0.29) is 0 Å². The first-order valence-electron chi connectivity index (χ1n) is 6.26. The fraction of sp³-hybridized carbons (Fsp3) is 1.00. The molecule has 1 fully saturated rings. The van der Waals surface area contributed by atoms with Gasteiger partial charge in [0.2, 0.25) is 0 Å². The second-order valence-electron chi connectivity index (χ2n) is 5.08. The summed E-state index contributed by atoms with van der Waals surface area (Å²) in [5.41, 5.74) is 0. The summed E-state index contributed by atoms with van der Waals surface area (Å²) in [5, 5.41) is 0. The molecule has 0 amide bonds. The van der Waals surface area contributed by atoms with Crippen LogP contribution < -0.4 is 0 Å². The molecule has 0 heteroatoms. The third kappa shape index (κ3) is 3.70. The third-order valence-corrected chi connectivity index (χ3v) is 3.78. The molecule has 0 aromatic rings. The Balaban J connectivity index is 2.17. The molecule has 0 aromatic carbocycles. The van der Waals surface area contributed by atoms with Gasteiger partial charge in [-0.1, -0.05) is 52.9 Å². The van der Waals surface area contributed by atoms with Gasteiger partial charge in [-0.15, -0.1) is 0 Å². The number of hydrogen-bond donors (Lipinski definition) is 0. The Hall–Kier alpha value is 0. The van der Waals surface area contributed by atoms with E-state index >= 15 is 0 Å². The maximum Gasteiger partial charge on any atom is -0.0409 e. The molecule has 0 nitrogen and oxygen atoms in total. The van der Waals surface area contributed by atoms with Crippen molar-refractivity contribution in [1.29, 1.82) is 0 Å². The maximum atomic E-state index is 2.41. The molecule has 1 aliphatic rings. The molecule has 3 unspecified atom stereocenters. The SMILES string of the molecule is CCCC1CCC(CC(C)CC)C1. The third-order valence-electron chi connectivity index (χ3n) is 3.78. The lowest BCUT2D eigenvalue weighted by Gasteiger charge is -2.14. The van der Waals surface area contributed by atoms with Gasteiger partial charge in [0.05, 0.1) is 0 Å². The van der Waals surface area contributed by atoms with Crippen molar-refractivity contribution in [2.24, 2.45) is 17.8 Å². The van der Waals surface area contributed by atoms with E-state index in [1.165, 1.54) is 44.9 Å². The van der Waals surface area contributed by atoms with E-state index in [0.29, 0.717) is 0 Å². The Morgan fingerprint density at radius 1 is 1.15 bits per heavy atom. The predicted octanol–water partition coefficient (Wildman–Crippen LogP) is 4.64. The minimum Gasteiger partial charge on any atom is -0.0654 e. The molecule has 0 saturated heterocycles. The van der Waals surface area contributed by atoms with Crippen molar-refractivity contribution in [1.82, 2.24) is 0 Å². The Labute approximate surface area is 84.1 Å². The summed E-state index contributed by atoms with van der Waals surface area (Å²) < 4.78 is 0. The van der Waals surface area contributed by atoms with Crippen molar-refractivity contribution in [3.05, 3.63) is 0 Å². The van der Waals surface area contributed by atoms with Crippen molar-refractivity contribution in [3.63, 3.8) is 0 Å². The first-order valence-corrected chi connectivity index (χ1v) is 6.26. The van der Waals surface area contributed by atoms with Crippen LogP contribution in [0.5, 0.6) is 0 Å². The monoisotopic (exact) mass is 182 g/mol. The Kier molecular flexibility index (Phi) is 4.83. The molecule has 0 bridgehead atoms. The van der Waals surface area contributed by atoms with Gasteiger partial charge < -0.3 is 0 Å². The lowest BCUT2D eigenvalue weighted by atomic mass is 9.91. The lowest BCUT2D eigenvalue weighted by Crippen LogP contribution is -2.02. The van der Waals surface area contributed by atoms with Crippen molar-refractivity contribution in [3.8, 4) is 0 Å². The summed E-state index contributed by atoms with van der Waals surface area (Å²) >= 11 is 0. The van der Waals surface area contributed by atoms with Crippen LogP contribution in [-0.2, 0) is 0 Å². The zero-order chi connectivity index (χ0) is 9.68. The highest BCUT2D eigenvalue weighted by atomic mass is 14.3. The largest absolute Gasteiger partial charge is 0.0654 e. The van der Waals surface area contributed by atoms with Crippen molar-refractivity contribution >= 4 is 0 Å². The van der Waals surface area contributed by atoms with E-state index in [1.54, 1.807) is 0 Å². The van der Waals surface area contributed by atoms with Crippen LogP contribution in [0.2, 0.25) is 0 Å². The molecule has 0 aromatic heterocycles. The van der Waals surface area contributed by atoms with Gasteiger partial charge in [-0.05, 0) is 30.6 Å². The molecule has 0 N–H and O–H groups in total. The van der Waals surface area contributed by atoms with E-state index in [2.05, 4.69) is 20.8 Å². The van der Waals surface area contributed by atoms with Gasteiger partial charge in [-0.2, -0.15) is 0 Å². The van der Waals surface area contributed by atoms with Gasteiger partial charge in [-0.3, -0.25) is 0 Å². The number of hydrogen-bond acceptors (Lipinski definition) is 0. The van der Waals surface area contributed by atoms with Crippen LogP contribution in [-0.4, -0.2) is 0 Å². The molecule has 78 valence electrons. The van der Waals surface area contributed by atoms with Crippen molar-refractivity contribution in [2.45, 2.75) is 65.7 Å². The lowest BCUT2D eigenvalue weighted by molar-refractivity contribution is 0.372. The first-order chi connectivity index (χ1) is 6.26. The fourth-order valence-corrected chi connectivity index (χ4v) is 2.80. The summed E-state index contributed by atoms with van der Waals surface area (Å²) in [5.74, 6) is 3.12. The van der Waals surface area contributed by atoms with Crippen LogP contribution in [0.3, 0.4) is 0 Å². The summed E-state index contributed by atoms with van der Waals surface area (Å²) in [7, 11) is 0. The van der Waals surface area contributed by atoms with Gasteiger partial charge in [-0.25, -0.2) is 0 Å².